The molecule has 0 saturated heterocycles. The summed E-state index contributed by atoms with van der Waals surface area (Å²) >= 11 is 0. The SMILES string of the molecule is Cc1ccc2c(c1)CC[C@@H]([C@H](O)CN(P)C[C@@H](O)[C@H]1CCc3cc(F)ccc3O1)O2.O[C@H](CN(P)C[C@@H](O)[C@H]1CCc2cc(F)ccc2O1)[C@@H]1CCc2cc(F)ccc2O1. The average Bonchev–Trinajstić information content (AvgIpc) is 3.22. The second-order valence-corrected chi connectivity index (χ2v) is 17.8. The molecule has 0 saturated carbocycles. The van der Waals surface area contributed by atoms with Crippen molar-refractivity contribution in [1.29, 1.82) is 0 Å². The lowest BCUT2D eigenvalue weighted by Crippen LogP contribution is -2.45. The van der Waals surface area contributed by atoms with Gasteiger partial charge in [0.2, 0.25) is 0 Å². The van der Waals surface area contributed by atoms with Gasteiger partial charge in [0, 0.05) is 26.2 Å². The van der Waals surface area contributed by atoms with Crippen LogP contribution >= 0.6 is 18.8 Å². The normalized spacial score (nSPS) is 22.5. The third kappa shape index (κ3) is 11.5. The van der Waals surface area contributed by atoms with Gasteiger partial charge in [-0.05, 0) is 141 Å². The fourth-order valence-electron chi connectivity index (χ4n) is 8.34. The Morgan fingerprint density at radius 2 is 0.750 bits per heavy atom. The molecule has 10 atom stereocenters. The van der Waals surface area contributed by atoms with E-state index in [4.69, 9.17) is 18.9 Å². The highest BCUT2D eigenvalue weighted by Crippen LogP contribution is 2.34. The van der Waals surface area contributed by atoms with Gasteiger partial charge >= 0.3 is 0 Å². The molecule has 60 heavy (non-hydrogen) atoms. The van der Waals surface area contributed by atoms with Crippen LogP contribution in [0, 0.1) is 24.4 Å². The zero-order valence-electron chi connectivity index (χ0n) is 33.6. The van der Waals surface area contributed by atoms with E-state index in [1.807, 2.05) is 16.8 Å². The zero-order valence-corrected chi connectivity index (χ0v) is 35.9. The van der Waals surface area contributed by atoms with Crippen LogP contribution in [0.25, 0.3) is 0 Å². The lowest BCUT2D eigenvalue weighted by Gasteiger charge is -2.34. The molecule has 15 heteroatoms. The molecule has 4 aromatic rings. The van der Waals surface area contributed by atoms with Crippen LogP contribution in [0.3, 0.4) is 0 Å². The molecule has 0 amide bonds. The minimum absolute atomic E-state index is 0.270. The molecule has 4 aliphatic rings. The number of aryl methyl sites for hydroxylation is 5. The summed E-state index contributed by atoms with van der Waals surface area (Å²) < 4.78 is 67.2. The Hall–Kier alpha value is -3.51. The molecule has 0 bridgehead atoms. The van der Waals surface area contributed by atoms with E-state index in [2.05, 4.69) is 31.8 Å². The predicted molar refractivity (Wildman–Crippen MR) is 228 cm³/mol. The van der Waals surface area contributed by atoms with Crippen LogP contribution in [0.1, 0.15) is 53.5 Å². The maximum atomic E-state index is 13.3. The first-order valence-corrected chi connectivity index (χ1v) is 21.6. The molecule has 0 aliphatic carbocycles. The summed E-state index contributed by atoms with van der Waals surface area (Å²) in [7, 11) is 5.10. The summed E-state index contributed by atoms with van der Waals surface area (Å²) in [5, 5.41) is 42.5. The molecule has 0 aromatic heterocycles. The Kier molecular flexibility index (Phi) is 14.9. The summed E-state index contributed by atoms with van der Waals surface area (Å²) in [6.45, 7) is 3.34. The van der Waals surface area contributed by atoms with Crippen LogP contribution in [0.5, 0.6) is 23.0 Å². The monoisotopic (exact) mass is 870 g/mol. The number of fused-ring (bicyclic) bond motifs is 4. The quantitative estimate of drug-likeness (QED) is 0.128. The molecular weight excluding hydrogens is 815 g/mol. The number of benzene rings is 4. The van der Waals surface area contributed by atoms with Crippen molar-refractivity contribution < 1.29 is 52.5 Å². The van der Waals surface area contributed by atoms with Crippen molar-refractivity contribution in [2.24, 2.45) is 0 Å². The summed E-state index contributed by atoms with van der Waals surface area (Å²) in [4.78, 5) is 0. The highest BCUT2D eigenvalue weighted by molar-refractivity contribution is 7.13. The fraction of sp³-hybridized carbons (Fsp3) is 0.467. The Labute approximate surface area is 354 Å². The first kappa shape index (κ1) is 44.5. The predicted octanol–water partition coefficient (Wildman–Crippen LogP) is 5.90. The van der Waals surface area contributed by atoms with Crippen LogP contribution in [0.15, 0.2) is 72.8 Å². The highest BCUT2D eigenvalue weighted by Gasteiger charge is 2.33. The highest BCUT2D eigenvalue weighted by atomic mass is 31.0. The number of halogens is 3. The number of hydrogen-bond donors (Lipinski definition) is 4. The van der Waals surface area contributed by atoms with E-state index in [-0.39, 0.29) is 42.7 Å². The van der Waals surface area contributed by atoms with Gasteiger partial charge in [-0.1, -0.05) is 36.5 Å². The van der Waals surface area contributed by atoms with Gasteiger partial charge in [0.15, 0.2) is 0 Å². The first-order valence-electron chi connectivity index (χ1n) is 20.6. The lowest BCUT2D eigenvalue weighted by atomic mass is 9.97. The minimum atomic E-state index is -0.760. The number of ether oxygens (including phenoxy) is 4. The Bertz CT molecular complexity index is 1800. The van der Waals surface area contributed by atoms with Gasteiger partial charge in [-0.2, -0.15) is 0 Å². The molecule has 0 spiro atoms. The second-order valence-electron chi connectivity index (χ2n) is 16.3. The Balaban J connectivity index is 0.000000181. The van der Waals surface area contributed by atoms with Gasteiger partial charge in [-0.3, -0.25) is 9.34 Å². The molecule has 10 nitrogen and oxygen atoms in total. The second kappa shape index (κ2) is 20.1. The standard InChI is InChI=1S/C23H29FNO4P.C22H26F2NO4P/c1-14-2-6-20-15(10-14)3-7-22(28-20)18(26)12-25(30)13-19(27)23-8-4-16-11-17(24)5-9-21(16)29-23;23-15-3-7-19-13(9-15)1-5-21(28-19)17(26)11-25(30)12-18(27)22-6-2-14-10-16(24)4-8-20(14)29-22/h2,5-6,9-11,18-19,22-23,26-27H,3-4,7-8,12-13,30H2,1H3;3-4,7-10,17-18,21-22,26-27H,1-2,5-6,11-12,30H2/t18-,19-,22+,23-;17-,18-,21-,22+/m11/s1. The largest absolute Gasteiger partial charge is 0.487 e. The average molecular weight is 871 g/mol. The van der Waals surface area contributed by atoms with Crippen molar-refractivity contribution in [2.75, 3.05) is 26.2 Å². The molecule has 0 radical (unpaired) electrons. The molecular formula is C45H55F3N2O8P2. The number of hydrogen-bond acceptors (Lipinski definition) is 10. The third-order valence-electron chi connectivity index (χ3n) is 11.6. The minimum Gasteiger partial charge on any atom is -0.487 e. The number of aliphatic hydroxyl groups excluding tert-OH is 4. The van der Waals surface area contributed by atoms with Gasteiger partial charge in [-0.25, -0.2) is 13.2 Å². The van der Waals surface area contributed by atoms with Gasteiger partial charge in [0.1, 0.15) is 89.3 Å². The van der Waals surface area contributed by atoms with E-state index in [1.54, 1.807) is 22.9 Å². The van der Waals surface area contributed by atoms with Gasteiger partial charge in [0.05, 0.1) is 0 Å². The van der Waals surface area contributed by atoms with Crippen LogP contribution < -0.4 is 18.9 Å². The molecule has 4 N–H and O–H groups in total. The van der Waals surface area contributed by atoms with E-state index in [9.17, 15) is 33.6 Å². The summed E-state index contributed by atoms with van der Waals surface area (Å²) in [6, 6.07) is 19.4. The van der Waals surface area contributed by atoms with Crippen LogP contribution in [0.2, 0.25) is 0 Å². The van der Waals surface area contributed by atoms with Crippen molar-refractivity contribution in [3.63, 3.8) is 0 Å². The van der Waals surface area contributed by atoms with E-state index < -0.39 is 36.6 Å². The summed E-state index contributed by atoms with van der Waals surface area (Å²) in [5.41, 5.74) is 4.85. The maximum absolute atomic E-state index is 13.3. The summed E-state index contributed by atoms with van der Waals surface area (Å²) in [5.74, 6) is 1.83. The molecule has 0 fully saturated rings. The van der Waals surface area contributed by atoms with Crippen molar-refractivity contribution in [2.45, 2.75) is 107 Å². The third-order valence-corrected chi connectivity index (χ3v) is 12.4. The number of aliphatic hydroxyl groups is 4. The Morgan fingerprint density at radius 3 is 1.05 bits per heavy atom. The lowest BCUT2D eigenvalue weighted by molar-refractivity contribution is -0.00761. The van der Waals surface area contributed by atoms with Gasteiger partial charge in [0.25, 0.3) is 0 Å². The van der Waals surface area contributed by atoms with Crippen LogP contribution in [-0.4, -0.2) is 105 Å². The van der Waals surface area contributed by atoms with Crippen molar-refractivity contribution in [1.82, 2.24) is 9.34 Å². The van der Waals surface area contributed by atoms with Crippen molar-refractivity contribution >= 4 is 18.8 Å². The zero-order chi connectivity index (χ0) is 42.5. The fourth-order valence-corrected chi connectivity index (χ4v) is 9.20. The van der Waals surface area contributed by atoms with Crippen LogP contribution in [-0.2, 0) is 25.7 Å². The maximum Gasteiger partial charge on any atom is 0.126 e. The molecule has 4 heterocycles. The van der Waals surface area contributed by atoms with E-state index in [0.29, 0.717) is 68.9 Å². The first-order chi connectivity index (χ1) is 28.8. The van der Waals surface area contributed by atoms with E-state index >= 15 is 0 Å². The molecule has 324 valence electrons. The van der Waals surface area contributed by atoms with Crippen LogP contribution in [0.4, 0.5) is 13.2 Å². The van der Waals surface area contributed by atoms with E-state index in [0.717, 1.165) is 35.3 Å². The van der Waals surface area contributed by atoms with Gasteiger partial charge < -0.3 is 39.4 Å². The molecule has 4 aliphatic heterocycles. The Morgan fingerprint density at radius 1 is 0.483 bits per heavy atom. The smallest absolute Gasteiger partial charge is 0.126 e. The number of rotatable bonds is 12. The molecule has 8 rings (SSSR count). The summed E-state index contributed by atoms with van der Waals surface area (Å²) in [6.07, 6.45) is 1.10. The van der Waals surface area contributed by atoms with E-state index in [1.165, 1.54) is 47.5 Å². The van der Waals surface area contributed by atoms with Crippen molar-refractivity contribution in [3.8, 4) is 23.0 Å². The van der Waals surface area contributed by atoms with Crippen molar-refractivity contribution in [3.05, 3.63) is 118 Å². The molecule has 4 aromatic carbocycles. The van der Waals surface area contributed by atoms with Gasteiger partial charge in [-0.15, -0.1) is 0 Å². The topological polar surface area (TPSA) is 124 Å². The number of nitrogens with zero attached hydrogens (tertiary/aromatic N) is 2. The molecule has 2 unspecified atom stereocenters.